The standard InChI is InChI=1S/C20H26N4O3S2/c1-2-15-7-11-23(12-8-15)18-9-13-24(19(18)25)16-3-5-17(6-4-16)29(26,27)22-20-21-10-14-28-20/h3-6,10,14-15,18H,2,7-9,11-13H2,1H3,(H,21,22)/t18-/m0/s1. The molecule has 4 rings (SSSR count). The number of benzene rings is 1. The minimum Gasteiger partial charge on any atom is -0.311 e. The summed E-state index contributed by atoms with van der Waals surface area (Å²) < 4.78 is 27.4. The third-order valence-electron chi connectivity index (χ3n) is 5.96. The van der Waals surface area contributed by atoms with E-state index in [9.17, 15) is 13.2 Å². The molecule has 1 aromatic carbocycles. The number of amides is 1. The Hall–Kier alpha value is -1.97. The van der Waals surface area contributed by atoms with E-state index < -0.39 is 10.0 Å². The van der Waals surface area contributed by atoms with E-state index in [0.717, 1.165) is 31.1 Å². The van der Waals surface area contributed by atoms with Crippen LogP contribution in [0, 0.1) is 5.92 Å². The molecule has 0 radical (unpaired) electrons. The number of piperidine rings is 1. The number of anilines is 2. The first kappa shape index (κ1) is 20.3. The monoisotopic (exact) mass is 434 g/mol. The van der Waals surface area contributed by atoms with Gasteiger partial charge in [-0.1, -0.05) is 13.3 Å². The normalized spacial score (nSPS) is 21.6. The van der Waals surface area contributed by atoms with Gasteiger partial charge in [0.15, 0.2) is 5.13 Å². The summed E-state index contributed by atoms with van der Waals surface area (Å²) in [4.78, 5) is 21.2. The molecule has 2 saturated heterocycles. The van der Waals surface area contributed by atoms with E-state index in [1.165, 1.54) is 30.6 Å². The summed E-state index contributed by atoms with van der Waals surface area (Å²) in [7, 11) is -3.69. The Balaban J connectivity index is 1.42. The number of rotatable bonds is 6. The number of hydrogen-bond acceptors (Lipinski definition) is 6. The van der Waals surface area contributed by atoms with Crippen molar-refractivity contribution in [3.63, 3.8) is 0 Å². The lowest BCUT2D eigenvalue weighted by Crippen LogP contribution is -2.45. The average molecular weight is 435 g/mol. The zero-order valence-electron chi connectivity index (χ0n) is 16.5. The number of carbonyl (C=O) groups is 1. The fourth-order valence-corrected chi connectivity index (χ4v) is 5.97. The Morgan fingerprint density at radius 2 is 1.86 bits per heavy atom. The maximum Gasteiger partial charge on any atom is 0.263 e. The van der Waals surface area contributed by atoms with Crippen LogP contribution in [0.1, 0.15) is 32.6 Å². The van der Waals surface area contributed by atoms with Gasteiger partial charge < -0.3 is 4.90 Å². The number of hydrogen-bond donors (Lipinski definition) is 1. The van der Waals surface area contributed by atoms with Gasteiger partial charge in [0, 0.05) is 23.8 Å². The van der Waals surface area contributed by atoms with Gasteiger partial charge in [0.05, 0.1) is 10.9 Å². The molecule has 2 aliphatic heterocycles. The van der Waals surface area contributed by atoms with Gasteiger partial charge in [-0.05, 0) is 62.5 Å². The summed E-state index contributed by atoms with van der Waals surface area (Å²) in [5, 5.41) is 2.04. The fraction of sp³-hybridized carbons (Fsp3) is 0.500. The molecular formula is C20H26N4O3S2. The van der Waals surface area contributed by atoms with Crippen molar-refractivity contribution < 1.29 is 13.2 Å². The zero-order valence-corrected chi connectivity index (χ0v) is 18.1. The Labute approximate surface area is 175 Å². The number of nitrogens with one attached hydrogen (secondary N) is 1. The largest absolute Gasteiger partial charge is 0.311 e. The predicted molar refractivity (Wildman–Crippen MR) is 115 cm³/mol. The van der Waals surface area contributed by atoms with E-state index in [2.05, 4.69) is 21.5 Å². The SMILES string of the molecule is CCC1CCN([C@H]2CCN(c3ccc(S(=O)(=O)Nc4nccs4)cc3)C2=O)CC1. The first-order valence-electron chi connectivity index (χ1n) is 10.1. The number of thiazole rings is 1. The van der Waals surface area contributed by atoms with Gasteiger partial charge in [-0.15, -0.1) is 11.3 Å². The van der Waals surface area contributed by atoms with Crippen LogP contribution in [0.4, 0.5) is 10.8 Å². The highest BCUT2D eigenvalue weighted by molar-refractivity contribution is 7.93. The molecule has 1 aromatic heterocycles. The number of aromatic nitrogens is 1. The van der Waals surface area contributed by atoms with Crippen LogP contribution in [0.25, 0.3) is 0 Å². The van der Waals surface area contributed by atoms with E-state index in [4.69, 9.17) is 0 Å². The summed E-state index contributed by atoms with van der Waals surface area (Å²) in [6.07, 6.45) is 5.91. The lowest BCUT2D eigenvalue weighted by Gasteiger charge is -2.34. The number of carbonyl (C=O) groups excluding carboxylic acids is 1. The molecule has 29 heavy (non-hydrogen) atoms. The Morgan fingerprint density at radius 3 is 2.48 bits per heavy atom. The van der Waals surface area contributed by atoms with Crippen molar-refractivity contribution in [1.29, 1.82) is 0 Å². The van der Waals surface area contributed by atoms with Gasteiger partial charge in [-0.25, -0.2) is 13.4 Å². The summed E-state index contributed by atoms with van der Waals surface area (Å²) in [5.74, 6) is 0.905. The molecule has 3 heterocycles. The number of likely N-dealkylation sites (tertiary alicyclic amines) is 1. The Kier molecular flexibility index (Phi) is 5.89. The highest BCUT2D eigenvalue weighted by atomic mass is 32.2. The minimum absolute atomic E-state index is 0.0530. The van der Waals surface area contributed by atoms with E-state index >= 15 is 0 Å². The first-order valence-corrected chi connectivity index (χ1v) is 12.4. The van der Waals surface area contributed by atoms with Crippen molar-refractivity contribution in [3.8, 4) is 0 Å². The molecule has 0 unspecified atom stereocenters. The van der Waals surface area contributed by atoms with Gasteiger partial charge in [0.25, 0.3) is 10.0 Å². The van der Waals surface area contributed by atoms with E-state index in [-0.39, 0.29) is 16.8 Å². The second kappa shape index (κ2) is 8.41. The van der Waals surface area contributed by atoms with E-state index in [0.29, 0.717) is 11.7 Å². The maximum absolute atomic E-state index is 13.0. The van der Waals surface area contributed by atoms with Crippen molar-refractivity contribution in [1.82, 2.24) is 9.88 Å². The molecule has 0 aliphatic carbocycles. The molecule has 0 saturated carbocycles. The third kappa shape index (κ3) is 4.31. The zero-order chi connectivity index (χ0) is 20.4. The molecule has 2 fully saturated rings. The van der Waals surface area contributed by atoms with Crippen LogP contribution in [-0.2, 0) is 14.8 Å². The van der Waals surface area contributed by atoms with Crippen LogP contribution < -0.4 is 9.62 Å². The second-order valence-electron chi connectivity index (χ2n) is 7.62. The summed E-state index contributed by atoms with van der Waals surface area (Å²) in [5.41, 5.74) is 0.745. The molecule has 0 bridgehead atoms. The van der Waals surface area contributed by atoms with Gasteiger partial charge in [-0.3, -0.25) is 14.4 Å². The molecule has 1 amide bonds. The van der Waals surface area contributed by atoms with Crippen LogP contribution in [0.15, 0.2) is 40.7 Å². The molecule has 0 spiro atoms. The van der Waals surface area contributed by atoms with E-state index in [1.54, 1.807) is 40.7 Å². The Morgan fingerprint density at radius 1 is 1.14 bits per heavy atom. The maximum atomic E-state index is 13.0. The smallest absolute Gasteiger partial charge is 0.263 e. The first-order chi connectivity index (χ1) is 14.0. The van der Waals surface area contributed by atoms with Crippen LogP contribution in [0.2, 0.25) is 0 Å². The highest BCUT2D eigenvalue weighted by Gasteiger charge is 2.37. The molecular weight excluding hydrogens is 408 g/mol. The van der Waals surface area contributed by atoms with Crippen molar-refractivity contribution in [2.45, 2.75) is 43.5 Å². The average Bonchev–Trinajstić information content (AvgIpc) is 3.37. The van der Waals surface area contributed by atoms with Crippen molar-refractivity contribution in [3.05, 3.63) is 35.8 Å². The van der Waals surface area contributed by atoms with Crippen molar-refractivity contribution in [2.75, 3.05) is 29.3 Å². The van der Waals surface area contributed by atoms with Crippen molar-refractivity contribution >= 4 is 38.1 Å². The second-order valence-corrected chi connectivity index (χ2v) is 10.2. The van der Waals surface area contributed by atoms with Gasteiger partial charge in [-0.2, -0.15) is 0 Å². The fourth-order valence-electron chi connectivity index (χ4n) is 4.19. The van der Waals surface area contributed by atoms with Gasteiger partial charge in [0.2, 0.25) is 5.91 Å². The van der Waals surface area contributed by atoms with Crippen LogP contribution in [0.5, 0.6) is 0 Å². The lowest BCUT2D eigenvalue weighted by molar-refractivity contribution is -0.122. The number of nitrogens with zero attached hydrogens (tertiary/aromatic N) is 3. The molecule has 9 heteroatoms. The number of sulfonamides is 1. The lowest BCUT2D eigenvalue weighted by atomic mass is 9.93. The summed E-state index contributed by atoms with van der Waals surface area (Å²) in [6, 6.07) is 6.44. The minimum atomic E-state index is -3.69. The van der Waals surface area contributed by atoms with Crippen molar-refractivity contribution in [2.24, 2.45) is 5.92 Å². The molecule has 1 N–H and O–H groups in total. The topological polar surface area (TPSA) is 82.6 Å². The van der Waals surface area contributed by atoms with Gasteiger partial charge >= 0.3 is 0 Å². The van der Waals surface area contributed by atoms with E-state index in [1.807, 2.05) is 0 Å². The molecule has 2 aromatic rings. The quantitative estimate of drug-likeness (QED) is 0.755. The molecule has 156 valence electrons. The summed E-state index contributed by atoms with van der Waals surface area (Å²) in [6.45, 7) is 4.88. The predicted octanol–water partition coefficient (Wildman–Crippen LogP) is 3.17. The van der Waals surface area contributed by atoms with Crippen LogP contribution >= 0.6 is 11.3 Å². The van der Waals surface area contributed by atoms with Crippen LogP contribution in [0.3, 0.4) is 0 Å². The molecule has 2 aliphatic rings. The third-order valence-corrected chi connectivity index (χ3v) is 8.13. The Bertz CT molecular complexity index is 937. The van der Waals surface area contributed by atoms with Gasteiger partial charge in [0.1, 0.15) is 0 Å². The molecule has 7 nitrogen and oxygen atoms in total. The molecule has 1 atom stereocenters. The summed E-state index contributed by atoms with van der Waals surface area (Å²) >= 11 is 1.22. The highest BCUT2D eigenvalue weighted by Crippen LogP contribution is 2.29. The van der Waals surface area contributed by atoms with Crippen LogP contribution in [-0.4, -0.2) is 49.9 Å².